The van der Waals surface area contributed by atoms with Crippen LogP contribution in [-0.4, -0.2) is 31.2 Å². The highest BCUT2D eigenvalue weighted by Gasteiger charge is 2.19. The van der Waals surface area contributed by atoms with E-state index >= 15 is 0 Å². The maximum absolute atomic E-state index is 12.3. The molecule has 0 amide bonds. The van der Waals surface area contributed by atoms with Crippen LogP contribution in [0.15, 0.2) is 23.4 Å². The lowest BCUT2D eigenvalue weighted by atomic mass is 10.0. The first kappa shape index (κ1) is 17.6. The summed E-state index contributed by atoms with van der Waals surface area (Å²) in [6, 6.07) is 1.31. The second kappa shape index (κ2) is 8.13. The highest BCUT2D eigenvalue weighted by Crippen LogP contribution is 2.14. The van der Waals surface area contributed by atoms with Crippen LogP contribution in [-0.2, 0) is 10.0 Å². The van der Waals surface area contributed by atoms with Gasteiger partial charge in [0.25, 0.3) is 0 Å². The molecule has 2 atom stereocenters. The Hall–Kier alpha value is -1.42. The fourth-order valence-corrected chi connectivity index (χ4v) is 3.17. The van der Waals surface area contributed by atoms with Gasteiger partial charge in [-0.2, -0.15) is 0 Å². The van der Waals surface area contributed by atoms with Gasteiger partial charge in [0, 0.05) is 24.0 Å². The van der Waals surface area contributed by atoms with Gasteiger partial charge in [-0.15, -0.1) is 0 Å². The summed E-state index contributed by atoms with van der Waals surface area (Å²) >= 11 is 0. The number of hydrogen-bond donors (Lipinski definition) is 2. The van der Waals surface area contributed by atoms with Crippen LogP contribution in [0, 0.1) is 17.8 Å². The molecule has 21 heavy (non-hydrogen) atoms. The van der Waals surface area contributed by atoms with Gasteiger partial charge in [0.1, 0.15) is 11.5 Å². The van der Waals surface area contributed by atoms with Gasteiger partial charge in [-0.3, -0.25) is 4.98 Å². The van der Waals surface area contributed by atoms with Crippen molar-refractivity contribution in [1.82, 2.24) is 9.71 Å². The number of nitrogens with zero attached hydrogens (tertiary/aromatic N) is 1. The lowest BCUT2D eigenvalue weighted by molar-refractivity contribution is 0.350. The zero-order valence-corrected chi connectivity index (χ0v) is 13.4. The molecule has 1 aromatic heterocycles. The van der Waals surface area contributed by atoms with Crippen LogP contribution in [0.5, 0.6) is 0 Å². The van der Waals surface area contributed by atoms with Crippen molar-refractivity contribution in [3.8, 4) is 11.8 Å². The van der Waals surface area contributed by atoms with E-state index in [0.29, 0.717) is 11.5 Å². The van der Waals surface area contributed by atoms with E-state index < -0.39 is 10.0 Å². The van der Waals surface area contributed by atoms with Crippen molar-refractivity contribution in [1.29, 1.82) is 0 Å². The predicted molar refractivity (Wildman–Crippen MR) is 82.1 cm³/mol. The van der Waals surface area contributed by atoms with E-state index in [1.807, 2.05) is 6.92 Å². The molecule has 6 heteroatoms. The minimum Gasteiger partial charge on any atom is -0.384 e. The van der Waals surface area contributed by atoms with Crippen molar-refractivity contribution < 1.29 is 13.5 Å². The molecule has 0 aliphatic carbocycles. The number of hydrogen-bond acceptors (Lipinski definition) is 4. The molecule has 1 aromatic rings. The summed E-state index contributed by atoms with van der Waals surface area (Å²) in [6.45, 7) is 5.75. The number of pyridine rings is 1. The quantitative estimate of drug-likeness (QED) is 0.781. The standard InChI is InChI=1S/C15H22N2O3S/c1-4-12(2)8-13(3)17-21(19,20)15-9-14(6-5-7-18)10-16-11-15/h9-13,17-18H,4,7-8H2,1-3H3. The van der Waals surface area contributed by atoms with Gasteiger partial charge in [-0.05, 0) is 25.3 Å². The average molecular weight is 310 g/mol. The summed E-state index contributed by atoms with van der Waals surface area (Å²) in [4.78, 5) is 3.97. The first-order valence-electron chi connectivity index (χ1n) is 6.96. The molecule has 0 saturated heterocycles. The second-order valence-corrected chi connectivity index (χ2v) is 6.85. The fourth-order valence-electron chi connectivity index (χ4n) is 1.93. The first-order valence-corrected chi connectivity index (χ1v) is 8.44. The molecule has 0 saturated carbocycles. The van der Waals surface area contributed by atoms with Gasteiger partial charge < -0.3 is 5.11 Å². The Morgan fingerprint density at radius 2 is 2.10 bits per heavy atom. The number of aliphatic hydroxyl groups excluding tert-OH is 1. The van der Waals surface area contributed by atoms with Gasteiger partial charge in [0.2, 0.25) is 10.0 Å². The van der Waals surface area contributed by atoms with Gasteiger partial charge in [0.05, 0.1) is 0 Å². The summed E-state index contributed by atoms with van der Waals surface area (Å²) in [5, 5.41) is 8.66. The lowest BCUT2D eigenvalue weighted by Crippen LogP contribution is -2.33. The van der Waals surface area contributed by atoms with Crippen molar-refractivity contribution in [3.05, 3.63) is 24.0 Å². The van der Waals surface area contributed by atoms with E-state index in [0.717, 1.165) is 12.8 Å². The third-order valence-corrected chi connectivity index (χ3v) is 4.70. The largest absolute Gasteiger partial charge is 0.384 e. The van der Waals surface area contributed by atoms with Crippen molar-refractivity contribution >= 4 is 10.0 Å². The highest BCUT2D eigenvalue weighted by atomic mass is 32.2. The SMILES string of the molecule is CCC(C)CC(C)NS(=O)(=O)c1cncc(C#CCO)c1. The lowest BCUT2D eigenvalue weighted by Gasteiger charge is -2.17. The molecular formula is C15H22N2O3S. The van der Waals surface area contributed by atoms with Crippen molar-refractivity contribution in [3.63, 3.8) is 0 Å². The molecule has 0 radical (unpaired) electrons. The van der Waals surface area contributed by atoms with Crippen LogP contribution in [0.25, 0.3) is 0 Å². The topological polar surface area (TPSA) is 79.3 Å². The van der Waals surface area contributed by atoms with Gasteiger partial charge in [-0.25, -0.2) is 13.1 Å². The number of rotatable bonds is 6. The zero-order valence-electron chi connectivity index (χ0n) is 12.6. The van der Waals surface area contributed by atoms with E-state index in [9.17, 15) is 8.42 Å². The molecule has 0 bridgehead atoms. The van der Waals surface area contributed by atoms with E-state index in [1.54, 1.807) is 0 Å². The summed E-state index contributed by atoms with van der Waals surface area (Å²) in [5.41, 5.74) is 0.460. The van der Waals surface area contributed by atoms with E-state index in [1.165, 1.54) is 18.5 Å². The molecule has 0 aliphatic heterocycles. The molecule has 0 spiro atoms. The molecule has 5 nitrogen and oxygen atoms in total. The summed E-state index contributed by atoms with van der Waals surface area (Å²) in [6.07, 6.45) is 4.56. The predicted octanol–water partition coefficient (Wildman–Crippen LogP) is 1.53. The molecule has 2 N–H and O–H groups in total. The van der Waals surface area contributed by atoms with Crippen molar-refractivity contribution in [2.45, 2.75) is 44.6 Å². The molecule has 1 rings (SSSR count). The minimum atomic E-state index is -3.60. The van der Waals surface area contributed by atoms with Crippen LogP contribution < -0.4 is 4.72 Å². The number of nitrogens with one attached hydrogen (secondary N) is 1. The zero-order chi connectivity index (χ0) is 15.9. The third-order valence-electron chi connectivity index (χ3n) is 3.14. The van der Waals surface area contributed by atoms with Crippen molar-refractivity contribution in [2.24, 2.45) is 5.92 Å². The molecule has 116 valence electrons. The molecule has 0 aromatic carbocycles. The fraction of sp³-hybridized carbons (Fsp3) is 0.533. The van der Waals surface area contributed by atoms with Gasteiger partial charge >= 0.3 is 0 Å². The Kier molecular flexibility index (Phi) is 6.82. The first-order chi connectivity index (χ1) is 9.89. The molecule has 0 fully saturated rings. The second-order valence-electron chi connectivity index (χ2n) is 5.14. The number of sulfonamides is 1. The minimum absolute atomic E-state index is 0.0863. The maximum Gasteiger partial charge on any atom is 0.242 e. The summed E-state index contributed by atoms with van der Waals surface area (Å²) in [5.74, 6) is 5.58. The Balaban J connectivity index is 2.87. The Morgan fingerprint density at radius 1 is 1.38 bits per heavy atom. The summed E-state index contributed by atoms with van der Waals surface area (Å²) < 4.78 is 27.2. The Morgan fingerprint density at radius 3 is 2.71 bits per heavy atom. The Bertz CT molecular complexity index is 617. The van der Waals surface area contributed by atoms with Gasteiger partial charge in [-0.1, -0.05) is 32.1 Å². The number of aliphatic hydroxyl groups is 1. The number of aromatic nitrogens is 1. The van der Waals surface area contributed by atoms with Crippen LogP contribution in [0.1, 0.15) is 39.2 Å². The normalized spacial score (nSPS) is 14.1. The monoisotopic (exact) mass is 310 g/mol. The van der Waals surface area contributed by atoms with E-state index in [4.69, 9.17) is 5.11 Å². The van der Waals surface area contributed by atoms with Crippen LogP contribution in [0.3, 0.4) is 0 Å². The molecule has 1 heterocycles. The van der Waals surface area contributed by atoms with Gasteiger partial charge in [0.15, 0.2) is 0 Å². The highest BCUT2D eigenvalue weighted by molar-refractivity contribution is 7.89. The van der Waals surface area contributed by atoms with E-state index in [2.05, 4.69) is 35.4 Å². The smallest absolute Gasteiger partial charge is 0.242 e. The van der Waals surface area contributed by atoms with Crippen LogP contribution in [0.4, 0.5) is 0 Å². The molecular weight excluding hydrogens is 288 g/mol. The Labute approximate surface area is 126 Å². The summed E-state index contributed by atoms with van der Waals surface area (Å²) in [7, 11) is -3.60. The van der Waals surface area contributed by atoms with E-state index in [-0.39, 0.29) is 17.5 Å². The van der Waals surface area contributed by atoms with Crippen molar-refractivity contribution in [2.75, 3.05) is 6.61 Å². The van der Waals surface area contributed by atoms with Crippen LogP contribution in [0.2, 0.25) is 0 Å². The third kappa shape index (κ3) is 5.84. The molecule has 2 unspecified atom stereocenters. The maximum atomic E-state index is 12.3. The molecule has 0 aliphatic rings. The average Bonchev–Trinajstić information content (AvgIpc) is 2.44. The van der Waals surface area contributed by atoms with Crippen LogP contribution >= 0.6 is 0 Å².